The summed E-state index contributed by atoms with van der Waals surface area (Å²) in [5, 5.41) is 15.2. The number of rotatable bonds is 7. The average molecular weight is 505 g/mol. The van der Waals surface area contributed by atoms with Gasteiger partial charge >= 0.3 is 0 Å². The monoisotopic (exact) mass is 504 g/mol. The number of aryl methyl sites for hydroxylation is 2. The van der Waals surface area contributed by atoms with E-state index in [1.54, 1.807) is 43.3 Å². The van der Waals surface area contributed by atoms with Gasteiger partial charge in [-0.05, 0) is 67.9 Å². The van der Waals surface area contributed by atoms with Gasteiger partial charge in [0.2, 0.25) is 0 Å². The third-order valence-electron chi connectivity index (χ3n) is 6.21. The molecule has 0 unspecified atom stereocenters. The van der Waals surface area contributed by atoms with E-state index in [0.29, 0.717) is 28.2 Å². The second-order valence-electron chi connectivity index (χ2n) is 8.77. The number of carbonyl (C=O) groups excluding carboxylic acids is 1. The zero-order valence-electron chi connectivity index (χ0n) is 20.8. The lowest BCUT2D eigenvalue weighted by Crippen LogP contribution is -2.17. The van der Waals surface area contributed by atoms with E-state index in [1.807, 2.05) is 37.3 Å². The number of hydrogen-bond donors (Lipinski definition) is 1. The second kappa shape index (κ2) is 10.4. The summed E-state index contributed by atoms with van der Waals surface area (Å²) >= 11 is 0. The molecule has 5 rings (SSSR count). The van der Waals surface area contributed by atoms with Crippen molar-refractivity contribution in [3.8, 4) is 28.3 Å². The van der Waals surface area contributed by atoms with E-state index in [-0.39, 0.29) is 11.6 Å². The number of hydrogen-bond acceptors (Lipinski definition) is 5. The van der Waals surface area contributed by atoms with E-state index >= 15 is 0 Å². The van der Waals surface area contributed by atoms with Crippen LogP contribution in [0.15, 0.2) is 107 Å². The summed E-state index contributed by atoms with van der Waals surface area (Å²) in [6, 6.07) is 29.9. The number of furan rings is 1. The molecule has 2 aromatic heterocycles. The molecule has 5 aromatic rings. The molecule has 0 aliphatic carbocycles. The van der Waals surface area contributed by atoms with E-state index in [0.717, 1.165) is 22.6 Å². The van der Waals surface area contributed by atoms with Gasteiger partial charge in [0.15, 0.2) is 0 Å². The highest BCUT2D eigenvalue weighted by Crippen LogP contribution is 2.28. The number of nitrogens with one attached hydrogen (secondary N) is 1. The molecule has 0 atom stereocenters. The van der Waals surface area contributed by atoms with Crippen LogP contribution < -0.4 is 5.43 Å². The molecule has 0 fully saturated rings. The lowest BCUT2D eigenvalue weighted by molar-refractivity contribution is -0.385. The van der Waals surface area contributed by atoms with Gasteiger partial charge in [-0.25, -0.2) is 5.43 Å². The number of nitrogens with zero attached hydrogens (tertiary/aromatic N) is 3. The Bertz CT molecular complexity index is 1650. The Hall–Kier alpha value is -5.24. The van der Waals surface area contributed by atoms with Crippen LogP contribution in [-0.4, -0.2) is 21.6 Å². The fourth-order valence-corrected chi connectivity index (χ4v) is 4.23. The van der Waals surface area contributed by atoms with Crippen molar-refractivity contribution in [2.24, 2.45) is 5.10 Å². The zero-order chi connectivity index (χ0) is 26.6. The molecule has 0 saturated heterocycles. The summed E-state index contributed by atoms with van der Waals surface area (Å²) < 4.78 is 7.87. The third-order valence-corrected chi connectivity index (χ3v) is 6.21. The minimum atomic E-state index is -0.423. The van der Waals surface area contributed by atoms with Crippen LogP contribution in [0.4, 0.5) is 5.69 Å². The number of carbonyl (C=O) groups is 1. The zero-order valence-corrected chi connectivity index (χ0v) is 20.8. The van der Waals surface area contributed by atoms with Gasteiger partial charge in [-0.1, -0.05) is 42.5 Å². The molecule has 8 nitrogen and oxygen atoms in total. The summed E-state index contributed by atoms with van der Waals surface area (Å²) in [4.78, 5) is 23.4. The van der Waals surface area contributed by atoms with Crippen molar-refractivity contribution >= 4 is 17.8 Å². The van der Waals surface area contributed by atoms with Crippen LogP contribution >= 0.6 is 0 Å². The summed E-state index contributed by atoms with van der Waals surface area (Å²) in [5.74, 6) is 0.503. The van der Waals surface area contributed by atoms with Crippen molar-refractivity contribution in [2.45, 2.75) is 13.8 Å². The fourth-order valence-electron chi connectivity index (χ4n) is 4.23. The number of nitro groups is 1. The number of hydrazone groups is 1. The predicted molar refractivity (Wildman–Crippen MR) is 147 cm³/mol. The van der Waals surface area contributed by atoms with E-state index in [9.17, 15) is 14.9 Å². The first-order valence-electron chi connectivity index (χ1n) is 11.9. The molecule has 188 valence electrons. The minimum absolute atomic E-state index is 0.0237. The number of amides is 1. The van der Waals surface area contributed by atoms with E-state index < -0.39 is 4.92 Å². The van der Waals surface area contributed by atoms with Gasteiger partial charge in [0.1, 0.15) is 11.5 Å². The Balaban J connectivity index is 1.26. The summed E-state index contributed by atoms with van der Waals surface area (Å²) in [7, 11) is 0. The van der Waals surface area contributed by atoms with E-state index in [4.69, 9.17) is 4.42 Å². The van der Waals surface area contributed by atoms with Gasteiger partial charge in [0.25, 0.3) is 11.6 Å². The second-order valence-corrected chi connectivity index (χ2v) is 8.77. The van der Waals surface area contributed by atoms with Crippen LogP contribution in [-0.2, 0) is 0 Å². The number of benzene rings is 3. The Labute approximate surface area is 219 Å². The van der Waals surface area contributed by atoms with Crippen LogP contribution in [0.5, 0.6) is 0 Å². The topological polar surface area (TPSA) is 103 Å². The first-order chi connectivity index (χ1) is 18.4. The van der Waals surface area contributed by atoms with Gasteiger partial charge < -0.3 is 8.98 Å². The summed E-state index contributed by atoms with van der Waals surface area (Å²) in [6.07, 6.45) is 1.38. The van der Waals surface area contributed by atoms with Crippen molar-refractivity contribution in [1.82, 2.24) is 9.99 Å². The molecular weight excluding hydrogens is 480 g/mol. The first kappa shape index (κ1) is 24.5. The lowest BCUT2D eigenvalue weighted by atomic mass is 10.1. The van der Waals surface area contributed by atoms with Crippen LogP contribution in [0.25, 0.3) is 28.3 Å². The largest absolute Gasteiger partial charge is 0.455 e. The molecule has 0 saturated carbocycles. The number of nitro benzene ring substituents is 1. The van der Waals surface area contributed by atoms with Crippen LogP contribution in [0, 0.1) is 24.0 Å². The van der Waals surface area contributed by atoms with Crippen molar-refractivity contribution in [1.29, 1.82) is 0 Å². The first-order valence-corrected chi connectivity index (χ1v) is 11.9. The molecule has 8 heteroatoms. The Morgan fingerprint density at radius 3 is 2.42 bits per heavy atom. The summed E-state index contributed by atoms with van der Waals surface area (Å²) in [6.45, 7) is 3.73. The van der Waals surface area contributed by atoms with Gasteiger partial charge in [0, 0.05) is 34.1 Å². The Morgan fingerprint density at radius 1 is 0.921 bits per heavy atom. The van der Waals surface area contributed by atoms with Crippen LogP contribution in [0.3, 0.4) is 0 Å². The number of aromatic nitrogens is 1. The van der Waals surface area contributed by atoms with E-state index in [2.05, 4.69) is 39.4 Å². The van der Waals surface area contributed by atoms with Gasteiger partial charge in [-0.3, -0.25) is 14.9 Å². The van der Waals surface area contributed by atoms with Gasteiger partial charge in [-0.15, -0.1) is 0 Å². The van der Waals surface area contributed by atoms with Crippen molar-refractivity contribution < 1.29 is 14.1 Å². The third kappa shape index (κ3) is 5.01. The lowest BCUT2D eigenvalue weighted by Gasteiger charge is -2.12. The van der Waals surface area contributed by atoms with Crippen LogP contribution in [0.2, 0.25) is 0 Å². The maximum Gasteiger partial charge on any atom is 0.273 e. The highest BCUT2D eigenvalue weighted by atomic mass is 16.6. The highest BCUT2D eigenvalue weighted by molar-refractivity contribution is 5.95. The normalized spacial score (nSPS) is 11.1. The van der Waals surface area contributed by atoms with Crippen molar-refractivity contribution in [2.75, 3.05) is 0 Å². The minimum Gasteiger partial charge on any atom is -0.455 e. The Kier molecular flexibility index (Phi) is 6.69. The molecule has 3 aromatic carbocycles. The smallest absolute Gasteiger partial charge is 0.273 e. The maximum absolute atomic E-state index is 12.6. The molecular formula is C30H24N4O4. The average Bonchev–Trinajstić information content (AvgIpc) is 3.56. The quantitative estimate of drug-likeness (QED) is 0.151. The van der Waals surface area contributed by atoms with Gasteiger partial charge in [0.05, 0.1) is 16.8 Å². The van der Waals surface area contributed by atoms with Crippen LogP contribution in [0.1, 0.15) is 27.4 Å². The predicted octanol–water partition coefficient (Wildman–Crippen LogP) is 6.69. The molecule has 0 spiro atoms. The molecule has 0 aliphatic rings. The molecule has 38 heavy (non-hydrogen) atoms. The molecule has 2 heterocycles. The highest BCUT2D eigenvalue weighted by Gasteiger charge is 2.14. The van der Waals surface area contributed by atoms with Gasteiger partial charge in [-0.2, -0.15) is 5.10 Å². The standard InChI is InChI=1S/C30H24N4O4/c1-20-8-10-24(18-28(20)34(36)37)29-17-15-26(38-29)19-31-32-30(35)23-11-13-25(14-12-23)33-21(2)9-16-27(33)22-6-4-3-5-7-22/h3-19H,1-2H3,(H,32,35)/b31-19+. The van der Waals surface area contributed by atoms with Crippen molar-refractivity contribution in [3.05, 3.63) is 130 Å². The molecule has 0 aliphatic heterocycles. The summed E-state index contributed by atoms with van der Waals surface area (Å²) in [5.41, 5.74) is 8.36. The Morgan fingerprint density at radius 2 is 1.68 bits per heavy atom. The van der Waals surface area contributed by atoms with E-state index in [1.165, 1.54) is 12.3 Å². The molecule has 1 N–H and O–H groups in total. The molecule has 0 radical (unpaired) electrons. The maximum atomic E-state index is 12.6. The molecule has 0 bridgehead atoms. The fraction of sp³-hybridized carbons (Fsp3) is 0.0667. The molecule has 1 amide bonds. The SMILES string of the molecule is Cc1ccc(-c2ccc(/C=N/NC(=O)c3ccc(-n4c(C)ccc4-c4ccccc4)cc3)o2)cc1[N+](=O)[O-]. The van der Waals surface area contributed by atoms with Crippen molar-refractivity contribution in [3.63, 3.8) is 0 Å².